The maximum atomic E-state index is 10.2. The van der Waals surface area contributed by atoms with E-state index in [1.807, 2.05) is 0 Å². The predicted molar refractivity (Wildman–Crippen MR) is 86.6 cm³/mol. The van der Waals surface area contributed by atoms with E-state index in [2.05, 4.69) is 25.7 Å². The number of β-amino-alcohol motifs (C(OH)–C–C–N with tert-alkyl or cyclic N) is 1. The SMILES string of the molecule is C.CC1CCCC(OCC(O)CN2CC(C)OC(C)C2)C1. The molecule has 4 heteroatoms. The number of hydrogen-bond acceptors (Lipinski definition) is 4. The van der Waals surface area contributed by atoms with Crippen molar-refractivity contribution in [3.63, 3.8) is 0 Å². The summed E-state index contributed by atoms with van der Waals surface area (Å²) in [7, 11) is 0. The van der Waals surface area contributed by atoms with E-state index >= 15 is 0 Å². The second kappa shape index (κ2) is 9.09. The van der Waals surface area contributed by atoms with Gasteiger partial charge in [0.2, 0.25) is 0 Å². The Kier molecular flexibility index (Phi) is 8.17. The van der Waals surface area contributed by atoms with Crippen LogP contribution in [0.2, 0.25) is 0 Å². The van der Waals surface area contributed by atoms with Crippen LogP contribution in [-0.4, -0.2) is 60.7 Å². The van der Waals surface area contributed by atoms with Gasteiger partial charge >= 0.3 is 0 Å². The highest BCUT2D eigenvalue weighted by atomic mass is 16.5. The average molecular weight is 301 g/mol. The van der Waals surface area contributed by atoms with Crippen LogP contribution in [0, 0.1) is 5.92 Å². The lowest BCUT2D eigenvalue weighted by Gasteiger charge is -2.36. The normalized spacial score (nSPS) is 36.0. The third-order valence-corrected chi connectivity index (χ3v) is 4.38. The third-order valence-electron chi connectivity index (χ3n) is 4.38. The summed E-state index contributed by atoms with van der Waals surface area (Å²) in [5.74, 6) is 0.770. The quantitative estimate of drug-likeness (QED) is 0.848. The largest absolute Gasteiger partial charge is 0.389 e. The van der Waals surface area contributed by atoms with E-state index in [0.717, 1.165) is 31.8 Å². The molecule has 0 radical (unpaired) electrons. The fourth-order valence-electron chi connectivity index (χ4n) is 3.56. The van der Waals surface area contributed by atoms with Crippen LogP contribution >= 0.6 is 0 Å². The zero-order chi connectivity index (χ0) is 14.5. The van der Waals surface area contributed by atoms with Crippen molar-refractivity contribution in [1.82, 2.24) is 4.90 Å². The first kappa shape index (κ1) is 18.9. The minimum atomic E-state index is -0.385. The number of morpholine rings is 1. The third kappa shape index (κ3) is 6.64. The summed E-state index contributed by atoms with van der Waals surface area (Å²) in [5, 5.41) is 10.2. The minimum absolute atomic E-state index is 0. The molecule has 0 bridgehead atoms. The fourth-order valence-corrected chi connectivity index (χ4v) is 3.56. The predicted octanol–water partition coefficient (Wildman–Crippen LogP) is 2.69. The van der Waals surface area contributed by atoms with Crippen LogP contribution in [0.1, 0.15) is 53.9 Å². The van der Waals surface area contributed by atoms with Crippen LogP contribution in [0.25, 0.3) is 0 Å². The number of nitrogens with zero attached hydrogens (tertiary/aromatic N) is 1. The maximum absolute atomic E-state index is 10.2. The van der Waals surface area contributed by atoms with Gasteiger partial charge in [0.05, 0.1) is 31.0 Å². The average Bonchev–Trinajstić information content (AvgIpc) is 2.35. The number of rotatable bonds is 5. The van der Waals surface area contributed by atoms with Gasteiger partial charge in [0, 0.05) is 19.6 Å². The molecule has 0 aromatic heterocycles. The zero-order valence-corrected chi connectivity index (χ0v) is 13.3. The van der Waals surface area contributed by atoms with Crippen LogP contribution in [0.4, 0.5) is 0 Å². The highest BCUT2D eigenvalue weighted by Crippen LogP contribution is 2.25. The summed E-state index contributed by atoms with van der Waals surface area (Å²) in [5.41, 5.74) is 0. The molecule has 2 fully saturated rings. The van der Waals surface area contributed by atoms with E-state index in [9.17, 15) is 5.11 Å². The Bertz CT molecular complexity index is 277. The Labute approximate surface area is 130 Å². The summed E-state index contributed by atoms with van der Waals surface area (Å²) in [6.45, 7) is 9.45. The molecule has 21 heavy (non-hydrogen) atoms. The van der Waals surface area contributed by atoms with Gasteiger partial charge in [0.25, 0.3) is 0 Å². The zero-order valence-electron chi connectivity index (χ0n) is 13.3. The Morgan fingerprint density at radius 3 is 2.48 bits per heavy atom. The highest BCUT2D eigenvalue weighted by molar-refractivity contribution is 4.76. The summed E-state index contributed by atoms with van der Waals surface area (Å²) in [6.07, 6.45) is 5.38. The Morgan fingerprint density at radius 1 is 1.19 bits per heavy atom. The van der Waals surface area contributed by atoms with Crippen molar-refractivity contribution in [1.29, 1.82) is 0 Å². The van der Waals surface area contributed by atoms with Crippen LogP contribution in [0.3, 0.4) is 0 Å². The lowest BCUT2D eigenvalue weighted by atomic mass is 9.89. The molecule has 0 spiro atoms. The number of aliphatic hydroxyl groups is 1. The molecule has 126 valence electrons. The van der Waals surface area contributed by atoms with E-state index in [-0.39, 0.29) is 25.7 Å². The molecule has 1 saturated heterocycles. The van der Waals surface area contributed by atoms with Gasteiger partial charge in [0.15, 0.2) is 0 Å². The molecule has 2 aliphatic rings. The Hall–Kier alpha value is -0.160. The first-order valence-electron chi connectivity index (χ1n) is 8.20. The lowest BCUT2D eigenvalue weighted by molar-refractivity contribution is -0.0883. The number of ether oxygens (including phenoxy) is 2. The van der Waals surface area contributed by atoms with Gasteiger partial charge in [-0.1, -0.05) is 27.2 Å². The highest BCUT2D eigenvalue weighted by Gasteiger charge is 2.25. The van der Waals surface area contributed by atoms with E-state index in [1.165, 1.54) is 12.8 Å². The summed E-state index contributed by atoms with van der Waals surface area (Å²) >= 11 is 0. The van der Waals surface area contributed by atoms with Gasteiger partial charge in [-0.05, 0) is 32.6 Å². The molecule has 2 rings (SSSR count). The molecule has 0 aromatic rings. The second-order valence-electron chi connectivity index (χ2n) is 6.86. The molecule has 5 unspecified atom stereocenters. The van der Waals surface area contributed by atoms with Gasteiger partial charge in [0.1, 0.15) is 0 Å². The van der Waals surface area contributed by atoms with Crippen LogP contribution in [0.5, 0.6) is 0 Å². The number of aliphatic hydroxyl groups excluding tert-OH is 1. The molecule has 0 amide bonds. The first-order chi connectivity index (χ1) is 9.52. The standard InChI is InChI=1S/C16H31NO3.CH4/c1-12-5-4-6-16(7-12)19-11-15(18)10-17-8-13(2)20-14(3)9-17;/h12-16,18H,4-11H2,1-3H3;1H4. The monoisotopic (exact) mass is 301 g/mol. The van der Waals surface area contributed by atoms with Gasteiger partial charge in [-0.2, -0.15) is 0 Å². The van der Waals surface area contributed by atoms with E-state index in [0.29, 0.717) is 19.3 Å². The van der Waals surface area contributed by atoms with Crippen LogP contribution in [0.15, 0.2) is 0 Å². The molecular formula is C17H35NO3. The summed E-state index contributed by atoms with van der Waals surface area (Å²) < 4.78 is 11.6. The molecule has 4 nitrogen and oxygen atoms in total. The van der Waals surface area contributed by atoms with Crippen molar-refractivity contribution in [3.05, 3.63) is 0 Å². The first-order valence-corrected chi connectivity index (χ1v) is 8.20. The van der Waals surface area contributed by atoms with Crippen molar-refractivity contribution in [2.75, 3.05) is 26.2 Å². The van der Waals surface area contributed by atoms with Crippen molar-refractivity contribution in [2.24, 2.45) is 5.92 Å². The van der Waals surface area contributed by atoms with Crippen molar-refractivity contribution in [3.8, 4) is 0 Å². The summed E-state index contributed by atoms with van der Waals surface area (Å²) in [6, 6.07) is 0. The molecule has 5 atom stereocenters. The van der Waals surface area contributed by atoms with Crippen molar-refractivity contribution in [2.45, 2.75) is 78.3 Å². The van der Waals surface area contributed by atoms with E-state index < -0.39 is 0 Å². The van der Waals surface area contributed by atoms with Crippen molar-refractivity contribution >= 4 is 0 Å². The number of hydrogen-bond donors (Lipinski definition) is 1. The Balaban J connectivity index is 0.00000220. The van der Waals surface area contributed by atoms with Gasteiger partial charge < -0.3 is 14.6 Å². The van der Waals surface area contributed by atoms with Gasteiger partial charge in [-0.15, -0.1) is 0 Å². The molecule has 1 heterocycles. The smallest absolute Gasteiger partial charge is 0.0900 e. The van der Waals surface area contributed by atoms with Crippen LogP contribution < -0.4 is 0 Å². The Morgan fingerprint density at radius 2 is 1.86 bits per heavy atom. The second-order valence-corrected chi connectivity index (χ2v) is 6.86. The van der Waals surface area contributed by atoms with Crippen molar-refractivity contribution < 1.29 is 14.6 Å². The van der Waals surface area contributed by atoms with E-state index in [4.69, 9.17) is 9.47 Å². The topological polar surface area (TPSA) is 41.9 Å². The molecule has 1 aliphatic heterocycles. The maximum Gasteiger partial charge on any atom is 0.0900 e. The van der Waals surface area contributed by atoms with Crippen LogP contribution in [-0.2, 0) is 9.47 Å². The lowest BCUT2D eigenvalue weighted by Crippen LogP contribution is -2.48. The fraction of sp³-hybridized carbons (Fsp3) is 1.00. The molecule has 1 N–H and O–H groups in total. The molecule has 1 saturated carbocycles. The van der Waals surface area contributed by atoms with Gasteiger partial charge in [-0.3, -0.25) is 4.90 Å². The van der Waals surface area contributed by atoms with Gasteiger partial charge in [-0.25, -0.2) is 0 Å². The molecule has 0 aromatic carbocycles. The molecule has 1 aliphatic carbocycles. The molecular weight excluding hydrogens is 266 g/mol. The summed E-state index contributed by atoms with van der Waals surface area (Å²) in [4.78, 5) is 2.29. The van der Waals surface area contributed by atoms with E-state index in [1.54, 1.807) is 0 Å². The minimum Gasteiger partial charge on any atom is -0.389 e.